The molecule has 1 atom stereocenters. The van der Waals surface area contributed by atoms with E-state index in [-0.39, 0.29) is 6.10 Å². The van der Waals surface area contributed by atoms with Crippen LogP contribution in [0.25, 0.3) is 0 Å². The highest BCUT2D eigenvalue weighted by Gasteiger charge is 2.22. The van der Waals surface area contributed by atoms with Crippen LogP contribution in [0.3, 0.4) is 0 Å². The number of ether oxygens (including phenoxy) is 1. The van der Waals surface area contributed by atoms with E-state index in [0.717, 1.165) is 23.9 Å². The number of rotatable bonds is 7. The average Bonchev–Trinajstić information content (AvgIpc) is 3.17. The van der Waals surface area contributed by atoms with Crippen LogP contribution in [0.4, 0.5) is 0 Å². The fourth-order valence-corrected chi connectivity index (χ4v) is 2.72. The molecule has 1 saturated carbocycles. The van der Waals surface area contributed by atoms with Gasteiger partial charge in [-0.2, -0.15) is 0 Å². The molecule has 0 heterocycles. The van der Waals surface area contributed by atoms with Crippen molar-refractivity contribution >= 4 is 39.1 Å². The van der Waals surface area contributed by atoms with Gasteiger partial charge in [0.05, 0.1) is 10.0 Å². The Kier molecular flexibility index (Phi) is 5.82. The van der Waals surface area contributed by atoms with Crippen molar-refractivity contribution in [3.63, 3.8) is 0 Å². The van der Waals surface area contributed by atoms with E-state index in [1.54, 1.807) is 12.1 Å². The van der Waals surface area contributed by atoms with Crippen LogP contribution in [-0.2, 0) is 0 Å². The number of hydrogen-bond donors (Lipinski definition) is 1. The van der Waals surface area contributed by atoms with Gasteiger partial charge in [0.2, 0.25) is 0 Å². The Morgan fingerprint density at radius 1 is 1.37 bits per heavy atom. The van der Waals surface area contributed by atoms with Gasteiger partial charge >= 0.3 is 0 Å². The molecule has 1 aliphatic rings. The maximum Gasteiger partial charge on any atom is 0.139 e. The van der Waals surface area contributed by atoms with Gasteiger partial charge in [0.25, 0.3) is 0 Å². The molecule has 2 rings (SSSR count). The Labute approximate surface area is 132 Å². The van der Waals surface area contributed by atoms with Crippen LogP contribution in [0.2, 0.25) is 10.0 Å². The topological polar surface area (TPSA) is 21.3 Å². The summed E-state index contributed by atoms with van der Waals surface area (Å²) in [5.41, 5.74) is 0. The van der Waals surface area contributed by atoms with Crippen LogP contribution in [0, 0.1) is 0 Å². The van der Waals surface area contributed by atoms with Crippen LogP contribution in [0.1, 0.15) is 32.6 Å². The van der Waals surface area contributed by atoms with Gasteiger partial charge in [-0.15, -0.1) is 0 Å². The molecule has 0 aromatic heterocycles. The molecule has 1 aromatic carbocycles. The summed E-state index contributed by atoms with van der Waals surface area (Å²) in [6.07, 6.45) is 4.79. The molecule has 0 aliphatic heterocycles. The smallest absolute Gasteiger partial charge is 0.139 e. The lowest BCUT2D eigenvalue weighted by molar-refractivity contribution is 0.186. The maximum absolute atomic E-state index is 6.19. The highest BCUT2D eigenvalue weighted by molar-refractivity contribution is 9.10. The molecule has 0 spiro atoms. The van der Waals surface area contributed by atoms with Crippen molar-refractivity contribution in [1.29, 1.82) is 0 Å². The van der Waals surface area contributed by atoms with Crippen LogP contribution in [0.15, 0.2) is 16.6 Å². The van der Waals surface area contributed by atoms with Crippen molar-refractivity contribution in [1.82, 2.24) is 5.32 Å². The molecule has 106 valence electrons. The van der Waals surface area contributed by atoms with Gasteiger partial charge in [0.15, 0.2) is 0 Å². The third-order valence-electron chi connectivity index (χ3n) is 3.09. The molecule has 0 bridgehead atoms. The molecule has 5 heteroatoms. The average molecular weight is 367 g/mol. The minimum Gasteiger partial charge on any atom is -0.487 e. The zero-order chi connectivity index (χ0) is 13.8. The highest BCUT2D eigenvalue weighted by atomic mass is 79.9. The first-order chi connectivity index (χ1) is 9.10. The predicted octanol–water partition coefficient (Wildman–Crippen LogP) is 5.06. The molecular formula is C14H18BrCl2NO. The van der Waals surface area contributed by atoms with Gasteiger partial charge < -0.3 is 10.1 Å². The fraction of sp³-hybridized carbons (Fsp3) is 0.571. The lowest BCUT2D eigenvalue weighted by Gasteiger charge is -2.20. The van der Waals surface area contributed by atoms with Gasteiger partial charge in [-0.3, -0.25) is 0 Å². The first-order valence-electron chi connectivity index (χ1n) is 6.64. The van der Waals surface area contributed by atoms with E-state index in [2.05, 4.69) is 28.2 Å². The second-order valence-corrected chi connectivity index (χ2v) is 6.58. The first-order valence-corrected chi connectivity index (χ1v) is 8.19. The number of hydrogen-bond acceptors (Lipinski definition) is 2. The third kappa shape index (κ3) is 4.82. The Hall–Kier alpha value is 0.0400. The van der Waals surface area contributed by atoms with Crippen LogP contribution in [0.5, 0.6) is 5.75 Å². The van der Waals surface area contributed by atoms with Crippen molar-refractivity contribution in [2.75, 3.05) is 6.54 Å². The summed E-state index contributed by atoms with van der Waals surface area (Å²) in [7, 11) is 0. The Bertz CT molecular complexity index is 438. The zero-order valence-corrected chi connectivity index (χ0v) is 14.0. The van der Waals surface area contributed by atoms with E-state index < -0.39 is 0 Å². The summed E-state index contributed by atoms with van der Waals surface area (Å²) in [4.78, 5) is 0. The monoisotopic (exact) mass is 365 g/mol. The molecular weight excluding hydrogens is 349 g/mol. The molecule has 1 fully saturated rings. The van der Waals surface area contributed by atoms with E-state index in [4.69, 9.17) is 27.9 Å². The van der Waals surface area contributed by atoms with Gasteiger partial charge in [0.1, 0.15) is 11.9 Å². The zero-order valence-electron chi connectivity index (χ0n) is 10.9. The minimum absolute atomic E-state index is 0.139. The standard InChI is InChI=1S/C14H18BrCl2NO/c1-2-3-10(8-18-9-4-5-9)19-14-7-12(16)11(15)6-13(14)17/h6-7,9-10,18H,2-5,8H2,1H3. The number of benzene rings is 1. The number of halogens is 3. The van der Waals surface area contributed by atoms with Crippen molar-refractivity contribution in [2.24, 2.45) is 0 Å². The summed E-state index contributed by atoms with van der Waals surface area (Å²) in [5.74, 6) is 0.658. The third-order valence-corrected chi connectivity index (χ3v) is 4.58. The van der Waals surface area contributed by atoms with Crippen molar-refractivity contribution in [3.8, 4) is 5.75 Å². The second kappa shape index (κ2) is 7.16. The van der Waals surface area contributed by atoms with Crippen molar-refractivity contribution in [3.05, 3.63) is 26.7 Å². The van der Waals surface area contributed by atoms with Gasteiger partial charge in [-0.25, -0.2) is 0 Å². The Morgan fingerprint density at radius 3 is 2.74 bits per heavy atom. The van der Waals surface area contributed by atoms with Crippen LogP contribution >= 0.6 is 39.1 Å². The molecule has 19 heavy (non-hydrogen) atoms. The molecule has 2 nitrogen and oxygen atoms in total. The minimum atomic E-state index is 0.139. The lowest BCUT2D eigenvalue weighted by Crippen LogP contribution is -2.32. The first kappa shape index (κ1) is 15.4. The normalized spacial score (nSPS) is 16.4. The lowest BCUT2D eigenvalue weighted by atomic mass is 10.2. The summed E-state index contributed by atoms with van der Waals surface area (Å²) in [6.45, 7) is 3.02. The molecule has 0 amide bonds. The van der Waals surface area contributed by atoms with Gasteiger partial charge in [-0.05, 0) is 41.3 Å². The van der Waals surface area contributed by atoms with Crippen molar-refractivity contribution in [2.45, 2.75) is 44.8 Å². The molecule has 0 saturated heterocycles. The summed E-state index contributed by atoms with van der Waals surface area (Å²) < 4.78 is 6.79. The summed E-state index contributed by atoms with van der Waals surface area (Å²) in [5, 5.41) is 4.70. The Balaban J connectivity index is 2.00. The SMILES string of the molecule is CCCC(CNC1CC1)Oc1cc(Cl)c(Br)cc1Cl. The van der Waals surface area contributed by atoms with Crippen molar-refractivity contribution < 1.29 is 4.74 Å². The van der Waals surface area contributed by atoms with Gasteiger partial charge in [0, 0.05) is 23.1 Å². The van der Waals surface area contributed by atoms with E-state index in [0.29, 0.717) is 21.8 Å². The van der Waals surface area contributed by atoms with E-state index in [9.17, 15) is 0 Å². The van der Waals surface area contributed by atoms with E-state index >= 15 is 0 Å². The van der Waals surface area contributed by atoms with Crippen LogP contribution < -0.4 is 10.1 Å². The number of nitrogens with one attached hydrogen (secondary N) is 1. The quantitative estimate of drug-likeness (QED) is 0.681. The summed E-state index contributed by atoms with van der Waals surface area (Å²) >= 11 is 15.6. The largest absolute Gasteiger partial charge is 0.487 e. The molecule has 1 N–H and O–H groups in total. The highest BCUT2D eigenvalue weighted by Crippen LogP contribution is 2.34. The van der Waals surface area contributed by atoms with E-state index in [1.165, 1.54) is 12.8 Å². The molecule has 1 unspecified atom stereocenters. The predicted molar refractivity (Wildman–Crippen MR) is 84.5 cm³/mol. The Morgan fingerprint density at radius 2 is 2.11 bits per heavy atom. The maximum atomic E-state index is 6.19. The molecule has 1 aliphatic carbocycles. The second-order valence-electron chi connectivity index (χ2n) is 4.91. The fourth-order valence-electron chi connectivity index (χ4n) is 1.88. The van der Waals surface area contributed by atoms with E-state index in [1.807, 2.05) is 0 Å². The van der Waals surface area contributed by atoms with Crippen LogP contribution in [-0.4, -0.2) is 18.7 Å². The molecule has 0 radical (unpaired) electrons. The molecule has 1 aromatic rings. The summed E-state index contributed by atoms with van der Waals surface area (Å²) in [6, 6.07) is 4.23. The van der Waals surface area contributed by atoms with Gasteiger partial charge in [-0.1, -0.05) is 36.5 Å².